The molecule has 0 N–H and O–H groups in total. The number of aryl methyl sites for hydroxylation is 2. The quantitative estimate of drug-likeness (QED) is 0.583. The number of benzene rings is 1. The van der Waals surface area contributed by atoms with Crippen LogP contribution in [0.25, 0.3) is 10.2 Å². The Labute approximate surface area is 171 Å². The van der Waals surface area contributed by atoms with Crippen LogP contribution in [0.1, 0.15) is 28.8 Å². The van der Waals surface area contributed by atoms with Crippen molar-refractivity contribution in [2.75, 3.05) is 18.0 Å². The van der Waals surface area contributed by atoms with E-state index in [4.69, 9.17) is 4.74 Å². The zero-order valence-corrected chi connectivity index (χ0v) is 17.1. The second kappa shape index (κ2) is 8.02. The van der Waals surface area contributed by atoms with Crippen LogP contribution in [0.15, 0.2) is 24.5 Å². The van der Waals surface area contributed by atoms with Crippen molar-refractivity contribution in [3.63, 3.8) is 0 Å². The molecule has 1 aromatic carbocycles. The Balaban J connectivity index is 1.39. The number of halogens is 2. The first-order valence-corrected chi connectivity index (χ1v) is 10.3. The second-order valence-electron chi connectivity index (χ2n) is 7.24. The number of esters is 1. The first-order chi connectivity index (χ1) is 14.0. The molecule has 0 atom stereocenters. The molecule has 3 heterocycles. The van der Waals surface area contributed by atoms with Crippen LogP contribution in [0, 0.1) is 31.4 Å². The standard InChI is InChI=1S/C21H21F2N3O2S/c1-12-13(2)29-20-17(12)19(24-11-25-20)26-8-6-14(7-9-26)21(27)28-10-15-4-3-5-16(22)18(15)23/h3-5,11,14H,6-10H2,1-2H3. The van der Waals surface area contributed by atoms with Gasteiger partial charge in [-0.2, -0.15) is 0 Å². The molecule has 3 aromatic rings. The molecule has 0 bridgehead atoms. The number of aromatic nitrogens is 2. The molecule has 0 radical (unpaired) electrons. The van der Waals surface area contributed by atoms with Crippen molar-refractivity contribution < 1.29 is 18.3 Å². The number of ether oxygens (including phenoxy) is 1. The highest BCUT2D eigenvalue weighted by atomic mass is 32.1. The van der Waals surface area contributed by atoms with Crippen molar-refractivity contribution in [2.24, 2.45) is 5.92 Å². The van der Waals surface area contributed by atoms with Gasteiger partial charge in [0.15, 0.2) is 11.6 Å². The molecule has 4 rings (SSSR count). The third-order valence-electron chi connectivity index (χ3n) is 5.47. The van der Waals surface area contributed by atoms with E-state index in [2.05, 4.69) is 28.7 Å². The van der Waals surface area contributed by atoms with Crippen molar-refractivity contribution in [1.29, 1.82) is 0 Å². The Bertz CT molecular complexity index is 1060. The van der Waals surface area contributed by atoms with Gasteiger partial charge in [-0.3, -0.25) is 4.79 Å². The SMILES string of the molecule is Cc1sc2ncnc(N3CCC(C(=O)OCc4cccc(F)c4F)CC3)c2c1C. The summed E-state index contributed by atoms with van der Waals surface area (Å²) >= 11 is 1.66. The van der Waals surface area contributed by atoms with E-state index in [9.17, 15) is 13.6 Å². The molecule has 1 aliphatic heterocycles. The maximum atomic E-state index is 13.7. The van der Waals surface area contributed by atoms with Gasteiger partial charge in [0.25, 0.3) is 0 Å². The van der Waals surface area contributed by atoms with Crippen molar-refractivity contribution in [2.45, 2.75) is 33.3 Å². The van der Waals surface area contributed by atoms with Crippen LogP contribution in [0.4, 0.5) is 14.6 Å². The largest absolute Gasteiger partial charge is 0.460 e. The summed E-state index contributed by atoms with van der Waals surface area (Å²) in [5, 5.41) is 1.08. The summed E-state index contributed by atoms with van der Waals surface area (Å²) in [5.41, 5.74) is 1.24. The third-order valence-corrected chi connectivity index (χ3v) is 6.59. The number of carbonyl (C=O) groups excluding carboxylic acids is 1. The average molecular weight is 417 g/mol. The Morgan fingerprint density at radius 2 is 2.00 bits per heavy atom. The third kappa shape index (κ3) is 3.81. The molecule has 152 valence electrons. The summed E-state index contributed by atoms with van der Waals surface area (Å²) in [5.74, 6) is -1.63. The van der Waals surface area contributed by atoms with E-state index in [-0.39, 0.29) is 24.1 Å². The van der Waals surface area contributed by atoms with Crippen LogP contribution in [0.3, 0.4) is 0 Å². The topological polar surface area (TPSA) is 55.3 Å². The zero-order chi connectivity index (χ0) is 20.5. The van der Waals surface area contributed by atoms with E-state index in [0.29, 0.717) is 25.9 Å². The maximum absolute atomic E-state index is 13.7. The molecule has 5 nitrogen and oxygen atoms in total. The Morgan fingerprint density at radius 3 is 2.76 bits per heavy atom. The Hall–Kier alpha value is -2.61. The normalized spacial score (nSPS) is 15.1. The molecule has 2 aromatic heterocycles. The molecule has 0 spiro atoms. The number of carbonyl (C=O) groups is 1. The van der Waals surface area contributed by atoms with E-state index in [1.165, 1.54) is 22.6 Å². The van der Waals surface area contributed by atoms with Gasteiger partial charge >= 0.3 is 5.97 Å². The lowest BCUT2D eigenvalue weighted by Crippen LogP contribution is -2.37. The van der Waals surface area contributed by atoms with Crippen LogP contribution in [0.2, 0.25) is 0 Å². The Kier molecular flexibility index (Phi) is 5.45. The molecule has 0 aliphatic carbocycles. The number of hydrogen-bond donors (Lipinski definition) is 0. The number of rotatable bonds is 4. The number of anilines is 1. The predicted molar refractivity (Wildman–Crippen MR) is 108 cm³/mol. The van der Waals surface area contributed by atoms with Crippen LogP contribution in [0.5, 0.6) is 0 Å². The van der Waals surface area contributed by atoms with E-state index in [0.717, 1.165) is 22.1 Å². The molecule has 8 heteroatoms. The molecule has 1 fully saturated rings. The molecular weight excluding hydrogens is 396 g/mol. The number of fused-ring (bicyclic) bond motifs is 1. The van der Waals surface area contributed by atoms with Crippen LogP contribution in [-0.2, 0) is 16.1 Å². The fraction of sp³-hybridized carbons (Fsp3) is 0.381. The first-order valence-electron chi connectivity index (χ1n) is 9.51. The molecule has 1 aliphatic rings. The van der Waals surface area contributed by atoms with Crippen molar-refractivity contribution in [1.82, 2.24) is 9.97 Å². The maximum Gasteiger partial charge on any atom is 0.309 e. The molecule has 29 heavy (non-hydrogen) atoms. The molecular formula is C21H21F2N3O2S. The molecule has 1 saturated heterocycles. The first kappa shape index (κ1) is 19.7. The van der Waals surface area contributed by atoms with Crippen LogP contribution >= 0.6 is 11.3 Å². The number of nitrogens with zero attached hydrogens (tertiary/aromatic N) is 3. The fourth-order valence-electron chi connectivity index (χ4n) is 3.66. The lowest BCUT2D eigenvalue weighted by atomic mass is 9.96. The van der Waals surface area contributed by atoms with Gasteiger partial charge in [0.1, 0.15) is 23.6 Å². The highest BCUT2D eigenvalue weighted by Gasteiger charge is 2.28. The average Bonchev–Trinajstić information content (AvgIpc) is 3.03. The summed E-state index contributed by atoms with van der Waals surface area (Å²) < 4.78 is 32.2. The number of thiophene rings is 1. The summed E-state index contributed by atoms with van der Waals surface area (Å²) in [6.45, 7) is 5.25. The van der Waals surface area contributed by atoms with Gasteiger partial charge in [0, 0.05) is 23.5 Å². The predicted octanol–water partition coefficient (Wildman–Crippen LogP) is 4.55. The Morgan fingerprint density at radius 1 is 1.24 bits per heavy atom. The van der Waals surface area contributed by atoms with E-state index in [1.807, 2.05) is 0 Å². The molecule has 0 saturated carbocycles. The number of piperidine rings is 1. The van der Waals surface area contributed by atoms with Crippen molar-refractivity contribution in [3.05, 3.63) is 52.2 Å². The summed E-state index contributed by atoms with van der Waals surface area (Å²) in [6, 6.07) is 3.85. The lowest BCUT2D eigenvalue weighted by Gasteiger charge is -2.32. The smallest absolute Gasteiger partial charge is 0.309 e. The van der Waals surface area contributed by atoms with Crippen LogP contribution in [-0.4, -0.2) is 29.0 Å². The minimum Gasteiger partial charge on any atom is -0.460 e. The van der Waals surface area contributed by atoms with Crippen molar-refractivity contribution >= 4 is 33.3 Å². The lowest BCUT2D eigenvalue weighted by molar-refractivity contribution is -0.150. The minimum atomic E-state index is -0.968. The molecule has 0 unspecified atom stereocenters. The van der Waals surface area contributed by atoms with Gasteiger partial charge in [-0.1, -0.05) is 12.1 Å². The zero-order valence-electron chi connectivity index (χ0n) is 16.2. The van der Waals surface area contributed by atoms with Gasteiger partial charge in [-0.15, -0.1) is 11.3 Å². The van der Waals surface area contributed by atoms with Gasteiger partial charge in [-0.25, -0.2) is 18.7 Å². The van der Waals surface area contributed by atoms with E-state index in [1.54, 1.807) is 17.7 Å². The highest BCUT2D eigenvalue weighted by molar-refractivity contribution is 7.18. The minimum absolute atomic E-state index is 0.0440. The van der Waals surface area contributed by atoms with Gasteiger partial charge in [-0.05, 0) is 38.3 Å². The van der Waals surface area contributed by atoms with Crippen LogP contribution < -0.4 is 4.90 Å². The van der Waals surface area contributed by atoms with E-state index >= 15 is 0 Å². The number of hydrogen-bond acceptors (Lipinski definition) is 6. The van der Waals surface area contributed by atoms with Crippen molar-refractivity contribution in [3.8, 4) is 0 Å². The summed E-state index contributed by atoms with van der Waals surface area (Å²) in [4.78, 5) is 25.7. The second-order valence-corrected chi connectivity index (χ2v) is 8.45. The van der Waals surface area contributed by atoms with E-state index < -0.39 is 11.6 Å². The van der Waals surface area contributed by atoms with Gasteiger partial charge < -0.3 is 9.64 Å². The van der Waals surface area contributed by atoms with Gasteiger partial charge in [0.2, 0.25) is 0 Å². The summed E-state index contributed by atoms with van der Waals surface area (Å²) in [7, 11) is 0. The fourth-order valence-corrected chi connectivity index (χ4v) is 4.65. The highest BCUT2D eigenvalue weighted by Crippen LogP contribution is 2.35. The molecule has 0 amide bonds. The summed E-state index contributed by atoms with van der Waals surface area (Å²) in [6.07, 6.45) is 2.83. The monoisotopic (exact) mass is 417 g/mol. The van der Waals surface area contributed by atoms with Gasteiger partial charge in [0.05, 0.1) is 11.3 Å².